The molecule has 106 valence electrons. The fourth-order valence-corrected chi connectivity index (χ4v) is 2.76. The molecular formula is C14H9Cl2N3O2. The van der Waals surface area contributed by atoms with E-state index in [1.807, 2.05) is 0 Å². The molecule has 3 aromatic rings. The lowest BCUT2D eigenvalue weighted by molar-refractivity contribution is 1.06. The van der Waals surface area contributed by atoms with E-state index in [9.17, 15) is 9.59 Å². The van der Waals surface area contributed by atoms with Crippen LogP contribution in [0.1, 0.15) is 5.56 Å². The standard InChI is InChI=1S/C14H9Cl2N3O2/c1-6-5-9(10-7(15)3-2-4-8(10)16)17-12-11(6)18-14(21)19-13(12)20/h2-5H,1H3,(H2,18,19,20,21). The number of halogens is 2. The van der Waals surface area contributed by atoms with Crippen molar-refractivity contribution in [3.8, 4) is 11.3 Å². The van der Waals surface area contributed by atoms with Gasteiger partial charge in [-0.05, 0) is 30.7 Å². The summed E-state index contributed by atoms with van der Waals surface area (Å²) in [7, 11) is 0. The number of benzene rings is 1. The van der Waals surface area contributed by atoms with Crippen molar-refractivity contribution in [1.82, 2.24) is 15.0 Å². The van der Waals surface area contributed by atoms with E-state index in [2.05, 4.69) is 15.0 Å². The van der Waals surface area contributed by atoms with Crippen LogP contribution >= 0.6 is 23.2 Å². The number of aromatic nitrogens is 3. The maximum Gasteiger partial charge on any atom is 0.326 e. The van der Waals surface area contributed by atoms with Crippen molar-refractivity contribution in [3.63, 3.8) is 0 Å². The molecule has 0 saturated carbocycles. The van der Waals surface area contributed by atoms with Crippen molar-refractivity contribution in [2.75, 3.05) is 0 Å². The van der Waals surface area contributed by atoms with E-state index in [1.54, 1.807) is 31.2 Å². The van der Waals surface area contributed by atoms with Crippen molar-refractivity contribution in [3.05, 3.63) is 60.7 Å². The van der Waals surface area contributed by atoms with Gasteiger partial charge in [-0.3, -0.25) is 9.78 Å². The van der Waals surface area contributed by atoms with E-state index in [0.717, 1.165) is 0 Å². The maximum absolute atomic E-state index is 11.9. The lowest BCUT2D eigenvalue weighted by atomic mass is 10.1. The predicted molar refractivity (Wildman–Crippen MR) is 83.2 cm³/mol. The zero-order valence-corrected chi connectivity index (χ0v) is 12.3. The summed E-state index contributed by atoms with van der Waals surface area (Å²) in [5, 5.41) is 0.879. The average Bonchev–Trinajstić information content (AvgIpc) is 2.40. The van der Waals surface area contributed by atoms with Gasteiger partial charge in [0.2, 0.25) is 0 Å². The van der Waals surface area contributed by atoms with Crippen LogP contribution in [0, 0.1) is 6.92 Å². The van der Waals surface area contributed by atoms with E-state index < -0.39 is 11.2 Å². The Morgan fingerprint density at radius 1 is 1.10 bits per heavy atom. The molecule has 0 unspecified atom stereocenters. The largest absolute Gasteiger partial charge is 0.326 e. The third-order valence-corrected chi connectivity index (χ3v) is 3.75. The molecule has 2 N–H and O–H groups in total. The van der Waals surface area contributed by atoms with Crippen LogP contribution in [0.15, 0.2) is 33.9 Å². The van der Waals surface area contributed by atoms with E-state index >= 15 is 0 Å². The number of nitrogens with one attached hydrogen (secondary N) is 2. The SMILES string of the molecule is Cc1cc(-c2c(Cl)cccc2Cl)nc2c(=O)[nH]c(=O)[nH]c12. The fraction of sp³-hybridized carbons (Fsp3) is 0.0714. The first-order valence-electron chi connectivity index (χ1n) is 6.05. The molecule has 0 bridgehead atoms. The van der Waals surface area contributed by atoms with Gasteiger partial charge in [0.1, 0.15) is 0 Å². The van der Waals surface area contributed by atoms with Crippen LogP contribution in [0.2, 0.25) is 10.0 Å². The highest BCUT2D eigenvalue weighted by atomic mass is 35.5. The third-order valence-electron chi connectivity index (χ3n) is 3.12. The van der Waals surface area contributed by atoms with Crippen LogP contribution in [0.5, 0.6) is 0 Å². The van der Waals surface area contributed by atoms with Crippen LogP contribution < -0.4 is 11.2 Å². The van der Waals surface area contributed by atoms with Crippen LogP contribution in [-0.4, -0.2) is 15.0 Å². The number of hydrogen-bond donors (Lipinski definition) is 2. The first-order valence-corrected chi connectivity index (χ1v) is 6.81. The van der Waals surface area contributed by atoms with Gasteiger partial charge < -0.3 is 4.98 Å². The highest BCUT2D eigenvalue weighted by Gasteiger charge is 2.13. The van der Waals surface area contributed by atoms with Crippen molar-refractivity contribution >= 4 is 34.2 Å². The van der Waals surface area contributed by atoms with Gasteiger partial charge in [0, 0.05) is 5.56 Å². The van der Waals surface area contributed by atoms with Crippen LogP contribution in [-0.2, 0) is 0 Å². The van der Waals surface area contributed by atoms with E-state index in [0.29, 0.717) is 32.4 Å². The number of fused-ring (bicyclic) bond motifs is 1. The minimum Gasteiger partial charge on any atom is -0.305 e. The number of hydrogen-bond acceptors (Lipinski definition) is 3. The summed E-state index contributed by atoms with van der Waals surface area (Å²) in [5.74, 6) is 0. The molecule has 0 aliphatic carbocycles. The lowest BCUT2D eigenvalue weighted by Gasteiger charge is -2.09. The Bertz CT molecular complexity index is 956. The Morgan fingerprint density at radius 3 is 2.43 bits per heavy atom. The first-order chi connectivity index (χ1) is 9.97. The zero-order chi connectivity index (χ0) is 15.1. The lowest BCUT2D eigenvalue weighted by Crippen LogP contribution is -2.23. The molecular weight excluding hydrogens is 313 g/mol. The number of rotatable bonds is 1. The summed E-state index contributed by atoms with van der Waals surface area (Å²) < 4.78 is 0. The molecule has 2 heterocycles. The second kappa shape index (κ2) is 5.02. The van der Waals surface area contributed by atoms with Crippen LogP contribution in [0.25, 0.3) is 22.3 Å². The monoisotopic (exact) mass is 321 g/mol. The normalized spacial score (nSPS) is 11.0. The molecule has 21 heavy (non-hydrogen) atoms. The molecule has 0 amide bonds. The molecule has 5 nitrogen and oxygen atoms in total. The van der Waals surface area contributed by atoms with Gasteiger partial charge in [-0.15, -0.1) is 0 Å². The molecule has 0 saturated heterocycles. The predicted octanol–water partition coefficient (Wildman–Crippen LogP) is 2.89. The second-order valence-electron chi connectivity index (χ2n) is 4.55. The average molecular weight is 322 g/mol. The summed E-state index contributed by atoms with van der Waals surface area (Å²) in [4.78, 5) is 32.2. The summed E-state index contributed by atoms with van der Waals surface area (Å²) in [6.07, 6.45) is 0. The highest BCUT2D eigenvalue weighted by Crippen LogP contribution is 2.34. The number of aromatic amines is 2. The van der Waals surface area contributed by atoms with Gasteiger partial charge >= 0.3 is 5.69 Å². The maximum atomic E-state index is 11.9. The first kappa shape index (κ1) is 13.9. The second-order valence-corrected chi connectivity index (χ2v) is 5.37. The molecule has 0 fully saturated rings. The topological polar surface area (TPSA) is 78.6 Å². The van der Waals surface area contributed by atoms with Crippen LogP contribution in [0.3, 0.4) is 0 Å². The van der Waals surface area contributed by atoms with Gasteiger partial charge in [-0.2, -0.15) is 0 Å². The van der Waals surface area contributed by atoms with Crippen molar-refractivity contribution in [2.45, 2.75) is 6.92 Å². The third kappa shape index (κ3) is 2.34. The van der Waals surface area contributed by atoms with Gasteiger partial charge in [0.05, 0.1) is 21.3 Å². The smallest absolute Gasteiger partial charge is 0.305 e. The molecule has 3 rings (SSSR count). The van der Waals surface area contributed by atoms with Crippen molar-refractivity contribution < 1.29 is 0 Å². The van der Waals surface area contributed by atoms with Gasteiger partial charge in [-0.1, -0.05) is 29.3 Å². The quantitative estimate of drug-likeness (QED) is 0.723. The number of nitrogens with zero attached hydrogens (tertiary/aromatic N) is 1. The summed E-state index contributed by atoms with van der Waals surface area (Å²) >= 11 is 12.3. The molecule has 0 spiro atoms. The molecule has 0 radical (unpaired) electrons. The molecule has 1 aromatic carbocycles. The summed E-state index contributed by atoms with van der Waals surface area (Å²) in [5.41, 5.74) is 1.15. The minimum absolute atomic E-state index is 0.139. The molecule has 7 heteroatoms. The molecule has 0 atom stereocenters. The minimum atomic E-state index is -0.569. The van der Waals surface area contributed by atoms with Gasteiger partial charge in [-0.25, -0.2) is 9.78 Å². The Labute approximate surface area is 128 Å². The van der Waals surface area contributed by atoms with Crippen molar-refractivity contribution in [2.24, 2.45) is 0 Å². The number of H-pyrrole nitrogens is 2. The van der Waals surface area contributed by atoms with E-state index in [4.69, 9.17) is 23.2 Å². The Hall–Kier alpha value is -2.11. The molecule has 2 aromatic heterocycles. The van der Waals surface area contributed by atoms with Crippen LogP contribution in [0.4, 0.5) is 0 Å². The Morgan fingerprint density at radius 2 is 1.76 bits per heavy atom. The number of pyridine rings is 1. The van der Waals surface area contributed by atoms with Gasteiger partial charge in [0.25, 0.3) is 5.56 Å². The zero-order valence-electron chi connectivity index (χ0n) is 10.8. The van der Waals surface area contributed by atoms with Crippen molar-refractivity contribution in [1.29, 1.82) is 0 Å². The summed E-state index contributed by atoms with van der Waals surface area (Å²) in [6.45, 7) is 1.77. The summed E-state index contributed by atoms with van der Waals surface area (Å²) in [6, 6.07) is 6.85. The number of aryl methyl sites for hydroxylation is 1. The van der Waals surface area contributed by atoms with E-state index in [1.165, 1.54) is 0 Å². The fourth-order valence-electron chi connectivity index (χ4n) is 2.17. The highest BCUT2D eigenvalue weighted by molar-refractivity contribution is 6.39. The molecule has 0 aliphatic heterocycles. The van der Waals surface area contributed by atoms with Gasteiger partial charge in [0.15, 0.2) is 5.52 Å². The molecule has 0 aliphatic rings. The van der Waals surface area contributed by atoms with E-state index in [-0.39, 0.29) is 5.52 Å². The Kier molecular flexibility index (Phi) is 3.31. The Balaban J connectivity index is 2.41.